The Morgan fingerprint density at radius 3 is 2.41 bits per heavy atom. The molecule has 0 amide bonds. The normalized spacial score (nSPS) is 19.6. The van der Waals surface area contributed by atoms with Crippen molar-refractivity contribution in [3.05, 3.63) is 20.3 Å². The Hall–Kier alpha value is 0.240. The largest absolute Gasteiger partial charge is 0.310 e. The van der Waals surface area contributed by atoms with Crippen molar-refractivity contribution < 1.29 is 0 Å². The summed E-state index contributed by atoms with van der Waals surface area (Å²) in [5.74, 6) is 0.753. The summed E-state index contributed by atoms with van der Waals surface area (Å²) >= 11 is 13.6. The molecule has 2 rings (SSSR count). The molecule has 1 aromatic rings. The van der Waals surface area contributed by atoms with Crippen LogP contribution in [-0.4, -0.2) is 6.54 Å². The fourth-order valence-corrected chi connectivity index (χ4v) is 3.88. The van der Waals surface area contributed by atoms with Crippen LogP contribution in [0.3, 0.4) is 0 Å². The lowest BCUT2D eigenvalue weighted by Gasteiger charge is -2.23. The zero-order valence-electron chi connectivity index (χ0n) is 10.5. The van der Waals surface area contributed by atoms with Crippen LogP contribution < -0.4 is 5.32 Å². The number of hydrogen-bond donors (Lipinski definition) is 1. The fraction of sp³-hybridized carbons (Fsp3) is 0.692. The smallest absolute Gasteiger partial charge is 0.0991 e. The Balaban J connectivity index is 1.94. The molecule has 0 saturated heterocycles. The maximum absolute atomic E-state index is 6.16. The Morgan fingerprint density at radius 2 is 2.00 bits per heavy atom. The molecule has 1 N–H and O–H groups in total. The zero-order chi connectivity index (χ0) is 12.6. The third kappa shape index (κ3) is 2.98. The first-order valence-electron chi connectivity index (χ1n) is 6.13. The summed E-state index contributed by atoms with van der Waals surface area (Å²) < 4.78 is 1.58. The predicted octanol–water partition coefficient (Wildman–Crippen LogP) is 5.14. The van der Waals surface area contributed by atoms with Gasteiger partial charge in [0.05, 0.1) is 8.67 Å². The molecular formula is C13H19Cl2NS. The van der Waals surface area contributed by atoms with Crippen molar-refractivity contribution >= 4 is 34.5 Å². The van der Waals surface area contributed by atoms with E-state index in [0.717, 1.165) is 26.7 Å². The highest BCUT2D eigenvalue weighted by molar-refractivity contribution is 7.20. The Kier molecular flexibility index (Phi) is 4.09. The predicted molar refractivity (Wildman–Crippen MR) is 77.3 cm³/mol. The van der Waals surface area contributed by atoms with Gasteiger partial charge < -0.3 is 5.32 Å². The maximum atomic E-state index is 6.16. The molecule has 1 aliphatic carbocycles. The molecule has 4 heteroatoms. The van der Waals surface area contributed by atoms with E-state index in [1.807, 2.05) is 6.07 Å². The molecule has 1 aromatic heterocycles. The minimum Gasteiger partial charge on any atom is -0.310 e. The number of rotatable bonds is 5. The van der Waals surface area contributed by atoms with Gasteiger partial charge in [0, 0.05) is 12.6 Å². The summed E-state index contributed by atoms with van der Waals surface area (Å²) in [6.07, 6.45) is 2.70. The number of hydrogen-bond acceptors (Lipinski definition) is 2. The number of thiophene rings is 1. The third-order valence-corrected chi connectivity index (χ3v) is 5.54. The van der Waals surface area contributed by atoms with E-state index in [-0.39, 0.29) is 6.04 Å². The van der Waals surface area contributed by atoms with E-state index in [1.165, 1.54) is 24.2 Å². The van der Waals surface area contributed by atoms with Crippen LogP contribution in [0.5, 0.6) is 0 Å². The molecule has 0 aromatic carbocycles. The Labute approximate surface area is 118 Å². The van der Waals surface area contributed by atoms with Gasteiger partial charge in [-0.2, -0.15) is 0 Å². The molecule has 0 radical (unpaired) electrons. The molecule has 0 spiro atoms. The van der Waals surface area contributed by atoms with Gasteiger partial charge in [0.2, 0.25) is 0 Å². The number of halogens is 2. The summed E-state index contributed by atoms with van der Waals surface area (Å²) in [5.41, 5.74) is 1.65. The summed E-state index contributed by atoms with van der Waals surface area (Å²) in [7, 11) is 0. The third-order valence-electron chi connectivity index (χ3n) is 4.03. The van der Waals surface area contributed by atoms with Gasteiger partial charge in [0.25, 0.3) is 0 Å². The molecule has 1 fully saturated rings. The van der Waals surface area contributed by atoms with Crippen LogP contribution in [0.15, 0.2) is 6.07 Å². The second kappa shape index (κ2) is 5.08. The molecule has 1 aliphatic rings. The second-order valence-corrected chi connectivity index (χ2v) is 7.68. The SMILES string of the molecule is CC(NCC1(C(C)C)CC1)c1cc(Cl)sc1Cl. The first-order chi connectivity index (χ1) is 7.94. The van der Waals surface area contributed by atoms with Gasteiger partial charge in [0.15, 0.2) is 0 Å². The molecular weight excluding hydrogens is 273 g/mol. The van der Waals surface area contributed by atoms with Gasteiger partial charge in [0.1, 0.15) is 0 Å². The minimum atomic E-state index is 0.280. The lowest BCUT2D eigenvalue weighted by atomic mass is 9.92. The van der Waals surface area contributed by atoms with Crippen molar-refractivity contribution in [3.8, 4) is 0 Å². The van der Waals surface area contributed by atoms with Crippen molar-refractivity contribution in [1.29, 1.82) is 0 Å². The van der Waals surface area contributed by atoms with E-state index in [2.05, 4.69) is 26.1 Å². The highest BCUT2D eigenvalue weighted by Gasteiger charge is 2.44. The van der Waals surface area contributed by atoms with Crippen LogP contribution in [0.1, 0.15) is 45.2 Å². The standard InChI is InChI=1S/C13H19Cl2NS/c1-8(2)13(4-5-13)7-16-9(3)10-6-11(14)17-12(10)15/h6,8-9,16H,4-5,7H2,1-3H3. The van der Waals surface area contributed by atoms with Crippen LogP contribution in [0.4, 0.5) is 0 Å². The van der Waals surface area contributed by atoms with E-state index >= 15 is 0 Å². The summed E-state index contributed by atoms with van der Waals surface area (Å²) in [5, 5.41) is 3.60. The molecule has 0 aliphatic heterocycles. The second-order valence-electron chi connectivity index (χ2n) is 5.40. The van der Waals surface area contributed by atoms with Gasteiger partial charge in [-0.25, -0.2) is 0 Å². The van der Waals surface area contributed by atoms with Crippen molar-refractivity contribution in [2.45, 2.75) is 39.7 Å². The van der Waals surface area contributed by atoms with Gasteiger partial charge in [-0.3, -0.25) is 0 Å². The molecule has 1 unspecified atom stereocenters. The topological polar surface area (TPSA) is 12.0 Å². The van der Waals surface area contributed by atoms with Crippen LogP contribution >= 0.6 is 34.5 Å². The quantitative estimate of drug-likeness (QED) is 0.792. The molecule has 17 heavy (non-hydrogen) atoms. The maximum Gasteiger partial charge on any atom is 0.0991 e. The fourth-order valence-electron chi connectivity index (χ4n) is 2.23. The zero-order valence-corrected chi connectivity index (χ0v) is 12.8. The average molecular weight is 292 g/mol. The summed E-state index contributed by atoms with van der Waals surface area (Å²) in [6.45, 7) is 7.86. The van der Waals surface area contributed by atoms with E-state index in [0.29, 0.717) is 5.41 Å². The van der Waals surface area contributed by atoms with E-state index in [1.54, 1.807) is 0 Å². The Morgan fingerprint density at radius 1 is 1.35 bits per heavy atom. The number of nitrogens with one attached hydrogen (secondary N) is 1. The van der Waals surface area contributed by atoms with Crippen molar-refractivity contribution in [2.75, 3.05) is 6.54 Å². The summed E-state index contributed by atoms with van der Waals surface area (Å²) in [6, 6.07) is 2.25. The van der Waals surface area contributed by atoms with Crippen LogP contribution in [0, 0.1) is 11.3 Å². The van der Waals surface area contributed by atoms with Crippen molar-refractivity contribution in [3.63, 3.8) is 0 Å². The summed E-state index contributed by atoms with van der Waals surface area (Å²) in [4.78, 5) is 0. The van der Waals surface area contributed by atoms with E-state index in [9.17, 15) is 0 Å². The lowest BCUT2D eigenvalue weighted by Crippen LogP contribution is -2.29. The lowest BCUT2D eigenvalue weighted by molar-refractivity contribution is 0.325. The van der Waals surface area contributed by atoms with Crippen LogP contribution in [-0.2, 0) is 0 Å². The molecule has 1 atom stereocenters. The van der Waals surface area contributed by atoms with Gasteiger partial charge >= 0.3 is 0 Å². The van der Waals surface area contributed by atoms with E-state index in [4.69, 9.17) is 23.2 Å². The van der Waals surface area contributed by atoms with Crippen LogP contribution in [0.2, 0.25) is 8.67 Å². The van der Waals surface area contributed by atoms with Gasteiger partial charge in [-0.1, -0.05) is 37.0 Å². The molecule has 1 heterocycles. The minimum absolute atomic E-state index is 0.280. The van der Waals surface area contributed by atoms with Crippen molar-refractivity contribution in [2.24, 2.45) is 11.3 Å². The highest BCUT2D eigenvalue weighted by Crippen LogP contribution is 2.51. The van der Waals surface area contributed by atoms with Gasteiger partial charge in [-0.05, 0) is 42.7 Å². The molecule has 96 valence electrons. The highest BCUT2D eigenvalue weighted by atomic mass is 35.5. The average Bonchev–Trinajstić information content (AvgIpc) is 2.97. The van der Waals surface area contributed by atoms with Crippen LogP contribution in [0.25, 0.3) is 0 Å². The monoisotopic (exact) mass is 291 g/mol. The van der Waals surface area contributed by atoms with Crippen molar-refractivity contribution in [1.82, 2.24) is 5.32 Å². The van der Waals surface area contributed by atoms with E-state index < -0.39 is 0 Å². The molecule has 1 nitrogen and oxygen atoms in total. The van der Waals surface area contributed by atoms with Gasteiger partial charge in [-0.15, -0.1) is 11.3 Å². The molecule has 1 saturated carbocycles. The first kappa shape index (κ1) is 13.7. The first-order valence-corrected chi connectivity index (χ1v) is 7.70. The Bertz CT molecular complexity index is 396. The molecule has 0 bridgehead atoms.